The molecule has 2 N–H and O–H groups in total. The number of carbonyl (C=O) groups is 3. The summed E-state index contributed by atoms with van der Waals surface area (Å²) in [6.45, 7) is 7.05. The largest absolute Gasteiger partial charge is 0.369 e. The number of nitrogens with zero attached hydrogens (tertiary/aromatic N) is 4. The van der Waals surface area contributed by atoms with Crippen LogP contribution in [0.25, 0.3) is 0 Å². The third-order valence-electron chi connectivity index (χ3n) is 8.77. The number of carbonyl (C=O) groups excluding carboxylic acids is 3. The SMILES string of the molecule is CCCCC1(C2CCCN(C(C)=O)C2)N=C(N)N(CC2CCN(C(=O)CCCc3ccccc3)CC2)C1=O. The lowest BCUT2D eigenvalue weighted by atomic mass is 9.75. The van der Waals surface area contributed by atoms with Crippen molar-refractivity contribution < 1.29 is 14.4 Å². The van der Waals surface area contributed by atoms with Crippen LogP contribution in [0.1, 0.15) is 77.2 Å². The van der Waals surface area contributed by atoms with E-state index in [0.717, 1.165) is 71.0 Å². The molecule has 0 bridgehead atoms. The first-order valence-corrected chi connectivity index (χ1v) is 14.6. The molecule has 2 atom stereocenters. The summed E-state index contributed by atoms with van der Waals surface area (Å²) < 4.78 is 0. The first-order valence-electron chi connectivity index (χ1n) is 14.6. The van der Waals surface area contributed by atoms with Crippen molar-refractivity contribution in [1.29, 1.82) is 0 Å². The van der Waals surface area contributed by atoms with Gasteiger partial charge in [0.2, 0.25) is 11.8 Å². The van der Waals surface area contributed by atoms with Gasteiger partial charge in [0.1, 0.15) is 5.54 Å². The molecule has 1 aromatic rings. The summed E-state index contributed by atoms with van der Waals surface area (Å²) in [7, 11) is 0. The van der Waals surface area contributed by atoms with E-state index in [9.17, 15) is 14.4 Å². The van der Waals surface area contributed by atoms with Crippen molar-refractivity contribution in [2.45, 2.75) is 83.6 Å². The second-order valence-corrected chi connectivity index (χ2v) is 11.4. The standard InChI is InChI=1S/C30H45N5O3/c1-3-4-17-30(26-13-9-18-34(22-26)23(2)36)28(38)35(29(31)32-30)21-25-15-19-33(20-16-25)27(37)14-8-12-24-10-6-5-7-11-24/h5-7,10-11,25-26H,3-4,8-9,12-22H2,1-2H3,(H2,31,32). The molecule has 0 spiro atoms. The topological polar surface area (TPSA) is 99.3 Å². The van der Waals surface area contributed by atoms with E-state index >= 15 is 0 Å². The van der Waals surface area contributed by atoms with Gasteiger partial charge in [-0.3, -0.25) is 19.3 Å². The van der Waals surface area contributed by atoms with E-state index in [1.807, 2.05) is 28.0 Å². The molecule has 2 fully saturated rings. The second-order valence-electron chi connectivity index (χ2n) is 11.4. The molecule has 3 heterocycles. The summed E-state index contributed by atoms with van der Waals surface area (Å²) in [6.07, 6.45) is 8.41. The first kappa shape index (κ1) is 28.1. The van der Waals surface area contributed by atoms with Gasteiger partial charge in [-0.15, -0.1) is 0 Å². The van der Waals surface area contributed by atoms with E-state index in [1.54, 1.807) is 11.8 Å². The number of amides is 3. The minimum absolute atomic E-state index is 0.00175. The minimum Gasteiger partial charge on any atom is -0.369 e. The Morgan fingerprint density at radius 1 is 1.05 bits per heavy atom. The Balaban J connectivity index is 1.31. The van der Waals surface area contributed by atoms with Gasteiger partial charge in [0.15, 0.2) is 5.96 Å². The molecule has 3 aliphatic heterocycles. The fourth-order valence-corrected chi connectivity index (χ4v) is 6.43. The lowest BCUT2D eigenvalue weighted by Gasteiger charge is -2.41. The smallest absolute Gasteiger partial charge is 0.257 e. The quantitative estimate of drug-likeness (QED) is 0.507. The minimum atomic E-state index is -0.858. The van der Waals surface area contributed by atoms with Crippen molar-refractivity contribution in [3.63, 3.8) is 0 Å². The lowest BCUT2D eigenvalue weighted by Crippen LogP contribution is -2.54. The van der Waals surface area contributed by atoms with Gasteiger partial charge < -0.3 is 15.5 Å². The van der Waals surface area contributed by atoms with E-state index in [0.29, 0.717) is 37.8 Å². The van der Waals surface area contributed by atoms with Crippen molar-refractivity contribution in [2.24, 2.45) is 22.6 Å². The zero-order chi connectivity index (χ0) is 27.1. The third kappa shape index (κ3) is 6.38. The van der Waals surface area contributed by atoms with Crippen LogP contribution < -0.4 is 5.73 Å². The Morgan fingerprint density at radius 3 is 2.47 bits per heavy atom. The summed E-state index contributed by atoms with van der Waals surface area (Å²) in [6, 6.07) is 10.3. The van der Waals surface area contributed by atoms with Crippen LogP contribution in [0.2, 0.25) is 0 Å². The van der Waals surface area contributed by atoms with Crippen LogP contribution in [0.15, 0.2) is 35.3 Å². The Morgan fingerprint density at radius 2 is 1.79 bits per heavy atom. The number of unbranched alkanes of at least 4 members (excludes halogenated alkanes) is 1. The van der Waals surface area contributed by atoms with E-state index < -0.39 is 5.54 Å². The molecular formula is C30H45N5O3. The average Bonchev–Trinajstić information content (AvgIpc) is 3.18. The Kier molecular flexibility index (Phi) is 9.44. The zero-order valence-electron chi connectivity index (χ0n) is 23.2. The number of piperidine rings is 2. The molecule has 0 saturated carbocycles. The monoisotopic (exact) mass is 523 g/mol. The van der Waals surface area contributed by atoms with Crippen LogP contribution in [0, 0.1) is 11.8 Å². The molecule has 38 heavy (non-hydrogen) atoms. The molecule has 1 aromatic carbocycles. The molecule has 2 saturated heterocycles. The summed E-state index contributed by atoms with van der Waals surface area (Å²) in [4.78, 5) is 49.3. The number of rotatable bonds is 10. The van der Waals surface area contributed by atoms with E-state index in [2.05, 4.69) is 19.1 Å². The van der Waals surface area contributed by atoms with Crippen molar-refractivity contribution in [3.8, 4) is 0 Å². The van der Waals surface area contributed by atoms with Crippen LogP contribution >= 0.6 is 0 Å². The van der Waals surface area contributed by atoms with Gasteiger partial charge in [-0.2, -0.15) is 0 Å². The molecule has 0 aliphatic carbocycles. The van der Waals surface area contributed by atoms with Crippen LogP contribution in [0.3, 0.4) is 0 Å². The molecule has 8 nitrogen and oxygen atoms in total. The Hall–Kier alpha value is -2.90. The number of hydrogen-bond acceptors (Lipinski definition) is 5. The number of hydrogen-bond donors (Lipinski definition) is 1. The Labute approximate surface area is 227 Å². The molecule has 8 heteroatoms. The summed E-state index contributed by atoms with van der Waals surface area (Å²) >= 11 is 0. The number of likely N-dealkylation sites (tertiary alicyclic amines) is 2. The van der Waals surface area contributed by atoms with Gasteiger partial charge >= 0.3 is 0 Å². The summed E-state index contributed by atoms with van der Waals surface area (Å²) in [5.41, 5.74) is 6.84. The van der Waals surface area contributed by atoms with E-state index in [4.69, 9.17) is 10.7 Å². The highest BCUT2D eigenvalue weighted by Crippen LogP contribution is 2.40. The van der Waals surface area contributed by atoms with E-state index in [-0.39, 0.29) is 23.6 Å². The zero-order valence-corrected chi connectivity index (χ0v) is 23.2. The van der Waals surface area contributed by atoms with E-state index in [1.165, 1.54) is 5.56 Å². The molecule has 3 aliphatic rings. The predicted octanol–water partition coefficient (Wildman–Crippen LogP) is 3.59. The van der Waals surface area contributed by atoms with Gasteiger partial charge in [-0.25, -0.2) is 4.99 Å². The number of guanidine groups is 1. The molecular weight excluding hydrogens is 478 g/mol. The van der Waals surface area contributed by atoms with Crippen molar-refractivity contribution in [1.82, 2.24) is 14.7 Å². The third-order valence-corrected chi connectivity index (χ3v) is 8.77. The van der Waals surface area contributed by atoms with Crippen molar-refractivity contribution >= 4 is 23.7 Å². The number of aliphatic imine (C=N–C) groups is 1. The summed E-state index contributed by atoms with van der Waals surface area (Å²) in [5, 5.41) is 0. The highest BCUT2D eigenvalue weighted by atomic mass is 16.2. The van der Waals surface area contributed by atoms with Crippen LogP contribution in [0.5, 0.6) is 0 Å². The fraction of sp³-hybridized carbons (Fsp3) is 0.667. The molecule has 0 radical (unpaired) electrons. The highest BCUT2D eigenvalue weighted by molar-refractivity contribution is 6.07. The molecule has 208 valence electrons. The average molecular weight is 524 g/mol. The normalized spacial score (nSPS) is 24.6. The lowest BCUT2D eigenvalue weighted by molar-refractivity contribution is -0.138. The Bertz CT molecular complexity index is 1000. The van der Waals surface area contributed by atoms with Gasteiger partial charge in [0.05, 0.1) is 0 Å². The van der Waals surface area contributed by atoms with Crippen LogP contribution in [0.4, 0.5) is 0 Å². The van der Waals surface area contributed by atoms with Crippen molar-refractivity contribution in [2.75, 3.05) is 32.7 Å². The molecule has 2 unspecified atom stereocenters. The predicted molar refractivity (Wildman–Crippen MR) is 149 cm³/mol. The maximum atomic E-state index is 14.0. The first-order chi connectivity index (χ1) is 18.3. The highest BCUT2D eigenvalue weighted by Gasteiger charge is 2.53. The molecule has 0 aromatic heterocycles. The molecule has 4 rings (SSSR count). The maximum Gasteiger partial charge on any atom is 0.257 e. The van der Waals surface area contributed by atoms with Crippen molar-refractivity contribution in [3.05, 3.63) is 35.9 Å². The fourth-order valence-electron chi connectivity index (χ4n) is 6.43. The number of benzene rings is 1. The second kappa shape index (κ2) is 12.8. The van der Waals surface area contributed by atoms with Gasteiger partial charge in [0.25, 0.3) is 5.91 Å². The number of nitrogens with two attached hydrogens (primary N) is 1. The maximum absolute atomic E-state index is 14.0. The van der Waals surface area contributed by atoms with Gasteiger partial charge in [-0.05, 0) is 56.4 Å². The number of aryl methyl sites for hydroxylation is 1. The van der Waals surface area contributed by atoms with Gasteiger partial charge in [0, 0.05) is 52.0 Å². The van der Waals surface area contributed by atoms with Crippen LogP contribution in [-0.2, 0) is 20.8 Å². The van der Waals surface area contributed by atoms with Gasteiger partial charge in [-0.1, -0.05) is 50.1 Å². The summed E-state index contributed by atoms with van der Waals surface area (Å²) in [5.74, 6) is 0.912. The molecule has 3 amide bonds. The van der Waals surface area contributed by atoms with Crippen LogP contribution in [-0.4, -0.2) is 76.6 Å².